The van der Waals surface area contributed by atoms with Crippen LogP contribution in [0.4, 0.5) is 0 Å². The first-order valence-corrected chi connectivity index (χ1v) is 6.81. The van der Waals surface area contributed by atoms with Crippen LogP contribution in [0.3, 0.4) is 0 Å². The molecule has 0 N–H and O–H groups in total. The molecule has 2 heterocycles. The Labute approximate surface area is 111 Å². The molecule has 0 radical (unpaired) electrons. The van der Waals surface area contributed by atoms with Crippen molar-refractivity contribution in [3.05, 3.63) is 29.6 Å². The molecular weight excluding hydrogens is 222 g/mol. The van der Waals surface area contributed by atoms with Gasteiger partial charge in [0.25, 0.3) is 0 Å². The number of piperazine rings is 1. The molecule has 1 aliphatic rings. The van der Waals surface area contributed by atoms with Crippen LogP contribution in [0.1, 0.15) is 32.0 Å². The molecule has 0 aromatic carbocycles. The second kappa shape index (κ2) is 5.37. The summed E-state index contributed by atoms with van der Waals surface area (Å²) < 4.78 is 0. The highest BCUT2D eigenvalue weighted by molar-refractivity contribution is 5.21. The fourth-order valence-corrected chi connectivity index (χ4v) is 2.20. The first-order valence-electron chi connectivity index (χ1n) is 6.81. The van der Waals surface area contributed by atoms with Crippen molar-refractivity contribution < 1.29 is 0 Å². The van der Waals surface area contributed by atoms with Crippen LogP contribution in [0.25, 0.3) is 0 Å². The zero-order valence-electron chi connectivity index (χ0n) is 12.1. The van der Waals surface area contributed by atoms with Crippen LogP contribution in [-0.4, -0.2) is 48.0 Å². The predicted molar refractivity (Wildman–Crippen MR) is 75.7 cm³/mol. The van der Waals surface area contributed by atoms with E-state index in [0.717, 1.165) is 19.6 Å². The molecule has 0 spiro atoms. The van der Waals surface area contributed by atoms with E-state index < -0.39 is 0 Å². The third kappa shape index (κ3) is 3.53. The molecule has 18 heavy (non-hydrogen) atoms. The second-order valence-electron chi connectivity index (χ2n) is 6.37. The largest absolute Gasteiger partial charge is 0.304 e. The average Bonchev–Trinajstić information content (AvgIpc) is 2.32. The van der Waals surface area contributed by atoms with Gasteiger partial charge < -0.3 is 4.90 Å². The topological polar surface area (TPSA) is 19.4 Å². The lowest BCUT2D eigenvalue weighted by molar-refractivity contribution is 0.147. The van der Waals surface area contributed by atoms with E-state index in [4.69, 9.17) is 0 Å². The van der Waals surface area contributed by atoms with Crippen molar-refractivity contribution in [1.82, 2.24) is 14.8 Å². The van der Waals surface area contributed by atoms with Crippen molar-refractivity contribution in [3.8, 4) is 0 Å². The maximum Gasteiger partial charge on any atom is 0.0544 e. The number of pyridine rings is 1. The molecule has 3 heteroatoms. The van der Waals surface area contributed by atoms with Crippen molar-refractivity contribution in [1.29, 1.82) is 0 Å². The summed E-state index contributed by atoms with van der Waals surface area (Å²) in [5.41, 5.74) is 2.69. The molecule has 1 aromatic heterocycles. The van der Waals surface area contributed by atoms with Gasteiger partial charge in [0.1, 0.15) is 0 Å². The Morgan fingerprint density at radius 2 is 1.78 bits per heavy atom. The van der Waals surface area contributed by atoms with E-state index in [1.807, 2.05) is 6.20 Å². The molecule has 2 rings (SSSR count). The first kappa shape index (κ1) is 13.5. The molecule has 1 aromatic rings. The van der Waals surface area contributed by atoms with Gasteiger partial charge in [-0.05, 0) is 24.1 Å². The van der Waals surface area contributed by atoms with Gasteiger partial charge in [-0.2, -0.15) is 0 Å². The highest BCUT2D eigenvalue weighted by atomic mass is 15.2. The zero-order valence-corrected chi connectivity index (χ0v) is 12.1. The summed E-state index contributed by atoms with van der Waals surface area (Å²) in [6, 6.07) is 4.40. The molecular formula is C15H25N3. The molecule has 0 bridgehead atoms. The van der Waals surface area contributed by atoms with Gasteiger partial charge in [-0.1, -0.05) is 26.8 Å². The average molecular weight is 247 g/mol. The summed E-state index contributed by atoms with van der Waals surface area (Å²) in [6.45, 7) is 12.3. The summed E-state index contributed by atoms with van der Waals surface area (Å²) in [7, 11) is 2.19. The van der Waals surface area contributed by atoms with Crippen molar-refractivity contribution in [2.24, 2.45) is 0 Å². The van der Waals surface area contributed by atoms with Crippen LogP contribution < -0.4 is 0 Å². The van der Waals surface area contributed by atoms with Gasteiger partial charge in [0.05, 0.1) is 5.69 Å². The standard InChI is InChI=1S/C15H25N3/c1-15(2,3)13-5-6-14(16-11-13)12-18-9-7-17(4)8-10-18/h5-6,11H,7-10,12H2,1-4H3. The third-order valence-corrected chi connectivity index (χ3v) is 3.67. The molecule has 1 fully saturated rings. The molecule has 0 atom stereocenters. The summed E-state index contributed by atoms with van der Waals surface area (Å²) in [4.78, 5) is 9.47. The van der Waals surface area contributed by atoms with Gasteiger partial charge in [-0.3, -0.25) is 9.88 Å². The minimum atomic E-state index is 0.194. The van der Waals surface area contributed by atoms with Crippen molar-refractivity contribution in [3.63, 3.8) is 0 Å². The summed E-state index contributed by atoms with van der Waals surface area (Å²) in [5.74, 6) is 0. The molecule has 0 unspecified atom stereocenters. The Bertz CT molecular complexity index is 370. The fraction of sp³-hybridized carbons (Fsp3) is 0.667. The quantitative estimate of drug-likeness (QED) is 0.798. The van der Waals surface area contributed by atoms with Crippen molar-refractivity contribution in [2.75, 3.05) is 33.2 Å². The fourth-order valence-electron chi connectivity index (χ4n) is 2.20. The van der Waals surface area contributed by atoms with E-state index in [0.29, 0.717) is 0 Å². The summed E-state index contributed by atoms with van der Waals surface area (Å²) in [6.07, 6.45) is 2.03. The number of likely N-dealkylation sites (N-methyl/N-ethyl adjacent to an activating group) is 1. The number of nitrogens with zero attached hydrogens (tertiary/aromatic N) is 3. The normalized spacial score (nSPS) is 19.1. The monoisotopic (exact) mass is 247 g/mol. The Hall–Kier alpha value is -0.930. The number of hydrogen-bond acceptors (Lipinski definition) is 3. The predicted octanol–water partition coefficient (Wildman–Crippen LogP) is 2.13. The van der Waals surface area contributed by atoms with Gasteiger partial charge in [-0.15, -0.1) is 0 Å². The Morgan fingerprint density at radius 1 is 1.11 bits per heavy atom. The van der Waals surface area contributed by atoms with Crippen LogP contribution in [0.2, 0.25) is 0 Å². The summed E-state index contributed by atoms with van der Waals surface area (Å²) in [5, 5.41) is 0. The van der Waals surface area contributed by atoms with E-state index in [-0.39, 0.29) is 5.41 Å². The number of rotatable bonds is 2. The van der Waals surface area contributed by atoms with Gasteiger partial charge in [0.2, 0.25) is 0 Å². The Kier molecular flexibility index (Phi) is 4.03. The molecule has 1 aliphatic heterocycles. The van der Waals surface area contributed by atoms with Gasteiger partial charge >= 0.3 is 0 Å². The maximum absolute atomic E-state index is 4.60. The number of hydrogen-bond donors (Lipinski definition) is 0. The highest BCUT2D eigenvalue weighted by Gasteiger charge is 2.16. The van der Waals surface area contributed by atoms with E-state index in [9.17, 15) is 0 Å². The molecule has 100 valence electrons. The van der Waals surface area contributed by atoms with Crippen LogP contribution in [-0.2, 0) is 12.0 Å². The van der Waals surface area contributed by atoms with E-state index in [2.05, 4.69) is 54.7 Å². The van der Waals surface area contributed by atoms with Crippen LogP contribution in [0.5, 0.6) is 0 Å². The Balaban J connectivity index is 1.94. The van der Waals surface area contributed by atoms with Gasteiger partial charge in [0, 0.05) is 38.9 Å². The van der Waals surface area contributed by atoms with E-state index >= 15 is 0 Å². The molecule has 3 nitrogen and oxygen atoms in total. The van der Waals surface area contributed by atoms with E-state index in [1.54, 1.807) is 0 Å². The maximum atomic E-state index is 4.60. The van der Waals surface area contributed by atoms with Crippen molar-refractivity contribution >= 4 is 0 Å². The SMILES string of the molecule is CN1CCN(Cc2ccc(C(C)(C)C)cn2)CC1. The zero-order chi connectivity index (χ0) is 13.2. The number of aromatic nitrogens is 1. The van der Waals surface area contributed by atoms with Crippen LogP contribution in [0, 0.1) is 0 Å². The molecule has 0 aliphatic carbocycles. The summed E-state index contributed by atoms with van der Waals surface area (Å²) >= 11 is 0. The lowest BCUT2D eigenvalue weighted by atomic mass is 9.88. The lowest BCUT2D eigenvalue weighted by Crippen LogP contribution is -2.44. The minimum Gasteiger partial charge on any atom is -0.304 e. The van der Waals surface area contributed by atoms with E-state index in [1.165, 1.54) is 24.3 Å². The molecule has 1 saturated heterocycles. The highest BCUT2D eigenvalue weighted by Crippen LogP contribution is 2.21. The van der Waals surface area contributed by atoms with Gasteiger partial charge in [0.15, 0.2) is 0 Å². The molecule has 0 saturated carbocycles. The molecule has 0 amide bonds. The van der Waals surface area contributed by atoms with Crippen molar-refractivity contribution in [2.45, 2.75) is 32.7 Å². The van der Waals surface area contributed by atoms with Gasteiger partial charge in [-0.25, -0.2) is 0 Å². The third-order valence-electron chi connectivity index (χ3n) is 3.67. The van der Waals surface area contributed by atoms with Crippen LogP contribution >= 0.6 is 0 Å². The lowest BCUT2D eigenvalue weighted by Gasteiger charge is -2.32. The first-order chi connectivity index (χ1) is 8.45. The van der Waals surface area contributed by atoms with Crippen LogP contribution in [0.15, 0.2) is 18.3 Å². The minimum absolute atomic E-state index is 0.194. The smallest absolute Gasteiger partial charge is 0.0544 e. The second-order valence-corrected chi connectivity index (χ2v) is 6.37. The Morgan fingerprint density at radius 3 is 2.28 bits per heavy atom.